The van der Waals surface area contributed by atoms with Crippen LogP contribution < -0.4 is 10.0 Å². The summed E-state index contributed by atoms with van der Waals surface area (Å²) in [5.41, 5.74) is 1.00. The van der Waals surface area contributed by atoms with Gasteiger partial charge in [0.1, 0.15) is 6.10 Å². The highest BCUT2D eigenvalue weighted by Crippen LogP contribution is 2.32. The Balaban J connectivity index is 1.44. The summed E-state index contributed by atoms with van der Waals surface area (Å²) in [6.45, 7) is 2.00. The fraction of sp³-hybridized carbons (Fsp3) is 0.650. The lowest BCUT2D eigenvalue weighted by molar-refractivity contribution is -0.128. The molecule has 156 valence electrons. The molecule has 0 unspecified atom stereocenters. The van der Waals surface area contributed by atoms with Crippen molar-refractivity contribution in [3.63, 3.8) is 0 Å². The van der Waals surface area contributed by atoms with E-state index in [4.69, 9.17) is 4.74 Å². The van der Waals surface area contributed by atoms with Crippen molar-refractivity contribution in [1.82, 2.24) is 10.0 Å². The first kappa shape index (κ1) is 21.2. The van der Waals surface area contributed by atoms with Gasteiger partial charge in [0.15, 0.2) is 0 Å². The molecule has 8 heteroatoms. The molecule has 1 aromatic carbocycles. The van der Waals surface area contributed by atoms with Gasteiger partial charge in [0, 0.05) is 13.0 Å². The average Bonchev–Trinajstić information content (AvgIpc) is 3.47. The lowest BCUT2D eigenvalue weighted by Crippen LogP contribution is -2.51. The first-order chi connectivity index (χ1) is 13.4. The standard InChI is InChI=1S/C20H30N2O5S/c1-14-2-7-17(8-3-14)28(25,26)21-11-10-16-6-9-18(19(13-23)27-16)22-20(24)12-15-4-5-15/h2-3,7-8,15-16,18-19,21,23H,4-6,9-13H2,1H3,(H,22,24)/t16-,18-,19-/m0/s1. The van der Waals surface area contributed by atoms with Crippen molar-refractivity contribution in [3.8, 4) is 0 Å². The van der Waals surface area contributed by atoms with Crippen LogP contribution in [0.4, 0.5) is 0 Å². The maximum absolute atomic E-state index is 12.3. The van der Waals surface area contributed by atoms with Gasteiger partial charge in [-0.1, -0.05) is 17.7 Å². The summed E-state index contributed by atoms with van der Waals surface area (Å²) in [5.74, 6) is 0.547. The van der Waals surface area contributed by atoms with Crippen LogP contribution in [0.3, 0.4) is 0 Å². The number of sulfonamides is 1. The van der Waals surface area contributed by atoms with E-state index in [2.05, 4.69) is 10.0 Å². The topological polar surface area (TPSA) is 105 Å². The van der Waals surface area contributed by atoms with E-state index in [-0.39, 0.29) is 36.1 Å². The van der Waals surface area contributed by atoms with E-state index in [1.54, 1.807) is 24.3 Å². The van der Waals surface area contributed by atoms with Gasteiger partial charge in [-0.3, -0.25) is 4.79 Å². The Morgan fingerprint density at radius 3 is 2.54 bits per heavy atom. The minimum atomic E-state index is -3.54. The quantitative estimate of drug-likeness (QED) is 0.572. The maximum atomic E-state index is 12.3. The summed E-state index contributed by atoms with van der Waals surface area (Å²) in [6, 6.07) is 6.53. The molecule has 3 rings (SSSR count). The summed E-state index contributed by atoms with van der Waals surface area (Å²) in [6.07, 6.45) is 4.17. The highest BCUT2D eigenvalue weighted by atomic mass is 32.2. The van der Waals surface area contributed by atoms with Crippen LogP contribution in [0.1, 0.15) is 44.1 Å². The van der Waals surface area contributed by atoms with Gasteiger partial charge in [-0.05, 0) is 57.1 Å². The van der Waals surface area contributed by atoms with Crippen LogP contribution in [-0.4, -0.2) is 50.8 Å². The summed E-state index contributed by atoms with van der Waals surface area (Å²) in [4.78, 5) is 12.3. The third kappa shape index (κ3) is 6.01. The molecule has 0 bridgehead atoms. The van der Waals surface area contributed by atoms with Crippen molar-refractivity contribution >= 4 is 15.9 Å². The second-order valence-corrected chi connectivity index (χ2v) is 9.64. The Kier molecular flexibility index (Phi) is 7.09. The molecule has 1 aliphatic heterocycles. The predicted molar refractivity (Wildman–Crippen MR) is 105 cm³/mol. The summed E-state index contributed by atoms with van der Waals surface area (Å²) in [7, 11) is -3.54. The fourth-order valence-electron chi connectivity index (χ4n) is 3.51. The van der Waals surface area contributed by atoms with Crippen molar-refractivity contribution in [1.29, 1.82) is 0 Å². The van der Waals surface area contributed by atoms with Crippen molar-refractivity contribution in [2.45, 2.75) is 68.6 Å². The molecule has 0 aromatic heterocycles. The molecule has 28 heavy (non-hydrogen) atoms. The third-order valence-corrected chi connectivity index (χ3v) is 6.88. The number of ether oxygens (including phenoxy) is 1. The molecule has 1 saturated carbocycles. The number of hydrogen-bond donors (Lipinski definition) is 3. The minimum Gasteiger partial charge on any atom is -0.394 e. The molecule has 0 spiro atoms. The number of carbonyl (C=O) groups is 1. The zero-order chi connectivity index (χ0) is 20.1. The van der Waals surface area contributed by atoms with Gasteiger partial charge in [0.25, 0.3) is 0 Å². The SMILES string of the molecule is Cc1ccc(S(=O)(=O)NCC[C@@H]2CC[C@H](NC(=O)CC3CC3)[C@H](CO)O2)cc1. The Bertz CT molecular complexity index is 761. The smallest absolute Gasteiger partial charge is 0.240 e. The van der Waals surface area contributed by atoms with Gasteiger partial charge in [-0.25, -0.2) is 13.1 Å². The molecular formula is C20H30N2O5S. The Morgan fingerprint density at radius 1 is 1.18 bits per heavy atom. The number of benzene rings is 1. The third-order valence-electron chi connectivity index (χ3n) is 5.40. The van der Waals surface area contributed by atoms with Crippen LogP contribution >= 0.6 is 0 Å². The first-order valence-corrected chi connectivity index (χ1v) is 11.5. The van der Waals surface area contributed by atoms with Gasteiger partial charge in [0.05, 0.1) is 23.6 Å². The van der Waals surface area contributed by atoms with Crippen LogP contribution in [0, 0.1) is 12.8 Å². The van der Waals surface area contributed by atoms with Crippen LogP contribution in [0.2, 0.25) is 0 Å². The number of rotatable bonds is 9. The lowest BCUT2D eigenvalue weighted by atomic mass is 9.97. The van der Waals surface area contributed by atoms with Gasteiger partial charge >= 0.3 is 0 Å². The van der Waals surface area contributed by atoms with Gasteiger partial charge in [-0.15, -0.1) is 0 Å². The Morgan fingerprint density at radius 2 is 1.89 bits per heavy atom. The molecule has 1 heterocycles. The molecule has 0 radical (unpaired) electrons. The fourth-order valence-corrected chi connectivity index (χ4v) is 4.56. The van der Waals surface area contributed by atoms with E-state index in [9.17, 15) is 18.3 Å². The normalized spacial score (nSPS) is 25.4. The molecule has 1 aliphatic carbocycles. The van der Waals surface area contributed by atoms with Crippen LogP contribution in [0.15, 0.2) is 29.2 Å². The monoisotopic (exact) mass is 410 g/mol. The van der Waals surface area contributed by atoms with E-state index in [1.807, 2.05) is 6.92 Å². The van der Waals surface area contributed by atoms with Gasteiger partial charge in [-0.2, -0.15) is 0 Å². The maximum Gasteiger partial charge on any atom is 0.240 e. The van der Waals surface area contributed by atoms with Crippen LogP contribution in [0.25, 0.3) is 0 Å². The van der Waals surface area contributed by atoms with Crippen molar-refractivity contribution < 1.29 is 23.1 Å². The minimum absolute atomic E-state index is 0.0267. The van der Waals surface area contributed by atoms with E-state index < -0.39 is 16.1 Å². The molecule has 2 fully saturated rings. The molecule has 3 N–H and O–H groups in total. The van der Waals surface area contributed by atoms with E-state index in [0.717, 1.165) is 31.2 Å². The van der Waals surface area contributed by atoms with E-state index in [0.29, 0.717) is 18.8 Å². The first-order valence-electron chi connectivity index (χ1n) is 9.99. The van der Waals surface area contributed by atoms with Crippen molar-refractivity contribution in [2.75, 3.05) is 13.2 Å². The van der Waals surface area contributed by atoms with Crippen LogP contribution in [-0.2, 0) is 19.6 Å². The highest BCUT2D eigenvalue weighted by Gasteiger charge is 2.33. The average molecular weight is 411 g/mol. The highest BCUT2D eigenvalue weighted by molar-refractivity contribution is 7.89. The zero-order valence-electron chi connectivity index (χ0n) is 16.3. The number of nitrogens with one attached hydrogen (secondary N) is 2. The number of aliphatic hydroxyl groups excluding tert-OH is 1. The van der Waals surface area contributed by atoms with E-state index in [1.165, 1.54) is 0 Å². The largest absolute Gasteiger partial charge is 0.394 e. The molecule has 2 aliphatic rings. The predicted octanol–water partition coefficient (Wildman–Crippen LogP) is 1.49. The number of carbonyl (C=O) groups excluding carboxylic acids is 1. The summed E-state index contributed by atoms with van der Waals surface area (Å²) >= 11 is 0. The molecule has 1 amide bonds. The van der Waals surface area contributed by atoms with Crippen molar-refractivity contribution in [3.05, 3.63) is 29.8 Å². The molecule has 3 atom stereocenters. The van der Waals surface area contributed by atoms with E-state index >= 15 is 0 Å². The molecule has 1 saturated heterocycles. The van der Waals surface area contributed by atoms with Gasteiger partial charge < -0.3 is 15.2 Å². The second kappa shape index (κ2) is 9.35. The Labute approximate surface area is 166 Å². The zero-order valence-corrected chi connectivity index (χ0v) is 17.1. The second-order valence-electron chi connectivity index (χ2n) is 7.88. The number of amides is 1. The van der Waals surface area contributed by atoms with Crippen molar-refractivity contribution in [2.24, 2.45) is 5.92 Å². The Hall–Kier alpha value is -1.48. The number of aryl methyl sites for hydroxylation is 1. The summed E-state index contributed by atoms with van der Waals surface area (Å²) < 4.78 is 33.2. The molecular weight excluding hydrogens is 380 g/mol. The lowest BCUT2D eigenvalue weighted by Gasteiger charge is -2.36. The summed E-state index contributed by atoms with van der Waals surface area (Å²) in [5, 5.41) is 12.6. The molecule has 7 nitrogen and oxygen atoms in total. The molecule has 1 aromatic rings. The number of aliphatic hydroxyl groups is 1. The van der Waals surface area contributed by atoms with Gasteiger partial charge in [0.2, 0.25) is 15.9 Å². The van der Waals surface area contributed by atoms with Crippen LogP contribution in [0.5, 0.6) is 0 Å². The number of hydrogen-bond acceptors (Lipinski definition) is 5.